The fourth-order valence-corrected chi connectivity index (χ4v) is 2.47. The Morgan fingerprint density at radius 2 is 1.81 bits per heavy atom. The molecule has 0 saturated carbocycles. The zero-order valence-electron chi connectivity index (χ0n) is 11.7. The summed E-state index contributed by atoms with van der Waals surface area (Å²) in [6.45, 7) is 0.687. The van der Waals surface area contributed by atoms with Crippen LogP contribution in [0.2, 0.25) is 0 Å². The Bertz CT molecular complexity index is 806. The average Bonchev–Trinajstić information content (AvgIpc) is 2.51. The zero-order chi connectivity index (χ0) is 14.7. The Morgan fingerprint density at radius 1 is 1.05 bits per heavy atom. The Balaban J connectivity index is 1.77. The zero-order valence-corrected chi connectivity index (χ0v) is 11.7. The highest BCUT2D eigenvalue weighted by atomic mass is 16.1. The number of benzene rings is 2. The van der Waals surface area contributed by atoms with E-state index in [0.717, 1.165) is 29.6 Å². The summed E-state index contributed by atoms with van der Waals surface area (Å²) in [5.74, 6) is 0. The lowest BCUT2D eigenvalue weighted by molar-refractivity contribution is 0.639. The van der Waals surface area contributed by atoms with E-state index in [2.05, 4.69) is 4.98 Å². The van der Waals surface area contributed by atoms with Crippen molar-refractivity contribution >= 4 is 16.7 Å². The van der Waals surface area contributed by atoms with Gasteiger partial charge in [-0.1, -0.05) is 24.3 Å². The van der Waals surface area contributed by atoms with Crippen molar-refractivity contribution in [2.24, 2.45) is 0 Å². The first kappa shape index (κ1) is 13.4. The molecule has 0 aliphatic rings. The van der Waals surface area contributed by atoms with Crippen LogP contribution < -0.4 is 11.3 Å². The maximum atomic E-state index is 12.0. The number of nitrogens with zero attached hydrogens (tertiary/aromatic N) is 2. The van der Waals surface area contributed by atoms with Gasteiger partial charge in [0.2, 0.25) is 0 Å². The summed E-state index contributed by atoms with van der Waals surface area (Å²) in [6, 6.07) is 15.6. The third-order valence-corrected chi connectivity index (χ3v) is 3.58. The standard InChI is InChI=1S/C17H17N3O/c18-14-9-7-13(8-10-14)4-3-11-20-16-6-2-1-5-15(16)19-12-17(20)21/h1-2,5-10,12H,3-4,11,18H2. The molecule has 0 atom stereocenters. The molecule has 106 valence electrons. The van der Waals surface area contributed by atoms with Crippen LogP contribution in [0.5, 0.6) is 0 Å². The molecule has 0 amide bonds. The van der Waals surface area contributed by atoms with Crippen LogP contribution >= 0.6 is 0 Å². The van der Waals surface area contributed by atoms with Gasteiger partial charge in [-0.15, -0.1) is 0 Å². The van der Waals surface area contributed by atoms with Crippen molar-refractivity contribution in [3.63, 3.8) is 0 Å². The molecule has 21 heavy (non-hydrogen) atoms. The van der Waals surface area contributed by atoms with E-state index < -0.39 is 0 Å². The first-order chi connectivity index (χ1) is 10.2. The van der Waals surface area contributed by atoms with E-state index >= 15 is 0 Å². The highest BCUT2D eigenvalue weighted by molar-refractivity contribution is 5.74. The molecule has 3 aromatic rings. The van der Waals surface area contributed by atoms with Gasteiger partial charge in [0.15, 0.2) is 0 Å². The molecular formula is C17H17N3O. The summed E-state index contributed by atoms with van der Waals surface area (Å²) in [7, 11) is 0. The van der Waals surface area contributed by atoms with Crippen LogP contribution in [0.3, 0.4) is 0 Å². The summed E-state index contributed by atoms with van der Waals surface area (Å²) in [4.78, 5) is 16.2. The second-order valence-electron chi connectivity index (χ2n) is 5.08. The number of hydrogen-bond acceptors (Lipinski definition) is 3. The minimum Gasteiger partial charge on any atom is -0.399 e. The van der Waals surface area contributed by atoms with Gasteiger partial charge in [0.05, 0.1) is 17.2 Å². The van der Waals surface area contributed by atoms with E-state index in [0.29, 0.717) is 6.54 Å². The highest BCUT2D eigenvalue weighted by Crippen LogP contribution is 2.11. The molecule has 0 bridgehead atoms. The van der Waals surface area contributed by atoms with E-state index in [1.54, 1.807) is 4.57 Å². The smallest absolute Gasteiger partial charge is 0.269 e. The first-order valence-corrected chi connectivity index (χ1v) is 7.03. The van der Waals surface area contributed by atoms with Gasteiger partial charge in [-0.25, -0.2) is 4.98 Å². The van der Waals surface area contributed by atoms with Crippen LogP contribution in [0, 0.1) is 0 Å². The van der Waals surface area contributed by atoms with E-state index in [9.17, 15) is 4.79 Å². The van der Waals surface area contributed by atoms with Gasteiger partial charge in [0.25, 0.3) is 5.56 Å². The van der Waals surface area contributed by atoms with Crippen LogP contribution in [0.4, 0.5) is 5.69 Å². The number of nitrogens with two attached hydrogens (primary N) is 1. The average molecular weight is 279 g/mol. The number of fused-ring (bicyclic) bond motifs is 1. The molecule has 0 saturated heterocycles. The molecule has 3 rings (SSSR count). The van der Waals surface area contributed by atoms with Crippen molar-refractivity contribution < 1.29 is 0 Å². The quantitative estimate of drug-likeness (QED) is 0.747. The van der Waals surface area contributed by atoms with Crippen molar-refractivity contribution in [1.29, 1.82) is 0 Å². The van der Waals surface area contributed by atoms with Crippen molar-refractivity contribution in [2.45, 2.75) is 19.4 Å². The lowest BCUT2D eigenvalue weighted by Gasteiger charge is -2.09. The van der Waals surface area contributed by atoms with Crippen LogP contribution in [0.15, 0.2) is 59.5 Å². The number of hydrogen-bond donors (Lipinski definition) is 1. The summed E-state index contributed by atoms with van der Waals surface area (Å²) >= 11 is 0. The minimum absolute atomic E-state index is 0.0500. The topological polar surface area (TPSA) is 60.9 Å². The van der Waals surface area contributed by atoms with Crippen molar-refractivity contribution in [1.82, 2.24) is 9.55 Å². The molecule has 4 heteroatoms. The Morgan fingerprint density at radius 3 is 2.62 bits per heavy atom. The van der Waals surface area contributed by atoms with E-state index in [-0.39, 0.29) is 5.56 Å². The summed E-state index contributed by atoms with van der Waals surface area (Å²) in [5, 5.41) is 0. The van der Waals surface area contributed by atoms with E-state index in [1.165, 1.54) is 11.8 Å². The SMILES string of the molecule is Nc1ccc(CCCn2c(=O)cnc3ccccc32)cc1. The fourth-order valence-electron chi connectivity index (χ4n) is 2.47. The van der Waals surface area contributed by atoms with Crippen LogP contribution in [0.25, 0.3) is 11.0 Å². The number of nitrogen functional groups attached to an aromatic ring is 1. The van der Waals surface area contributed by atoms with Crippen LogP contribution in [-0.4, -0.2) is 9.55 Å². The number of anilines is 1. The molecular weight excluding hydrogens is 262 g/mol. The molecule has 0 spiro atoms. The van der Waals surface area contributed by atoms with E-state index in [1.807, 2.05) is 48.5 Å². The van der Waals surface area contributed by atoms with Crippen molar-refractivity contribution in [3.8, 4) is 0 Å². The molecule has 4 nitrogen and oxygen atoms in total. The predicted octanol–water partition coefficient (Wildman–Crippen LogP) is 2.61. The summed E-state index contributed by atoms with van der Waals surface area (Å²) < 4.78 is 1.79. The Hall–Kier alpha value is -2.62. The van der Waals surface area contributed by atoms with Gasteiger partial charge in [-0.3, -0.25) is 4.79 Å². The third-order valence-electron chi connectivity index (χ3n) is 3.58. The lowest BCUT2D eigenvalue weighted by atomic mass is 10.1. The monoisotopic (exact) mass is 279 g/mol. The van der Waals surface area contributed by atoms with Gasteiger partial charge in [-0.2, -0.15) is 0 Å². The molecule has 1 aromatic heterocycles. The fraction of sp³-hybridized carbons (Fsp3) is 0.176. The van der Waals surface area contributed by atoms with Gasteiger partial charge in [0.1, 0.15) is 0 Å². The number of para-hydroxylation sites is 2. The van der Waals surface area contributed by atoms with Crippen LogP contribution in [-0.2, 0) is 13.0 Å². The first-order valence-electron chi connectivity index (χ1n) is 7.03. The second kappa shape index (κ2) is 5.79. The maximum absolute atomic E-state index is 12.0. The van der Waals surface area contributed by atoms with Crippen molar-refractivity contribution in [2.75, 3.05) is 5.73 Å². The number of rotatable bonds is 4. The third kappa shape index (κ3) is 2.94. The molecule has 0 aliphatic heterocycles. The normalized spacial score (nSPS) is 10.9. The molecule has 0 unspecified atom stereocenters. The van der Waals surface area contributed by atoms with Crippen LogP contribution in [0.1, 0.15) is 12.0 Å². The van der Waals surface area contributed by atoms with Gasteiger partial charge in [0, 0.05) is 12.2 Å². The number of aromatic nitrogens is 2. The Kier molecular flexibility index (Phi) is 3.69. The molecule has 0 fully saturated rings. The molecule has 0 radical (unpaired) electrons. The second-order valence-corrected chi connectivity index (χ2v) is 5.08. The summed E-state index contributed by atoms with van der Waals surface area (Å²) in [5.41, 5.74) is 9.37. The van der Waals surface area contributed by atoms with Gasteiger partial charge in [-0.05, 0) is 42.7 Å². The molecule has 0 aliphatic carbocycles. The molecule has 1 heterocycles. The molecule has 2 N–H and O–H groups in total. The predicted molar refractivity (Wildman–Crippen MR) is 85.2 cm³/mol. The van der Waals surface area contributed by atoms with Gasteiger partial charge < -0.3 is 10.3 Å². The van der Waals surface area contributed by atoms with Crippen molar-refractivity contribution in [3.05, 3.63) is 70.6 Å². The van der Waals surface area contributed by atoms with Gasteiger partial charge >= 0.3 is 0 Å². The van der Waals surface area contributed by atoms with E-state index in [4.69, 9.17) is 5.73 Å². The lowest BCUT2D eigenvalue weighted by Crippen LogP contribution is -2.20. The largest absolute Gasteiger partial charge is 0.399 e. The Labute approximate surface area is 122 Å². The highest BCUT2D eigenvalue weighted by Gasteiger charge is 2.03. The summed E-state index contributed by atoms with van der Waals surface area (Å²) in [6.07, 6.45) is 3.22. The number of aryl methyl sites for hydroxylation is 2. The molecule has 2 aromatic carbocycles. The minimum atomic E-state index is -0.0500. The maximum Gasteiger partial charge on any atom is 0.269 e.